The third-order valence-corrected chi connectivity index (χ3v) is 2.90. The lowest BCUT2D eigenvalue weighted by molar-refractivity contribution is 0.990. The molecule has 0 aliphatic rings. The lowest BCUT2D eigenvalue weighted by Crippen LogP contribution is -2.14. The van der Waals surface area contributed by atoms with Crippen LogP contribution < -0.4 is 5.84 Å². The molecule has 0 aromatic rings. The molecule has 0 saturated heterocycles. The van der Waals surface area contributed by atoms with Crippen LogP contribution >= 0.6 is 0 Å². The van der Waals surface area contributed by atoms with Crippen LogP contribution in [0.25, 0.3) is 0 Å². The van der Waals surface area contributed by atoms with Crippen molar-refractivity contribution < 1.29 is 0 Å². The summed E-state index contributed by atoms with van der Waals surface area (Å²) in [4.78, 5) is 0. The lowest BCUT2D eigenvalue weighted by Gasteiger charge is -2.09. The van der Waals surface area contributed by atoms with E-state index < -0.39 is 0 Å². The van der Waals surface area contributed by atoms with E-state index in [2.05, 4.69) is 24.7 Å². The van der Waals surface area contributed by atoms with E-state index in [0.29, 0.717) is 24.3 Å². The first-order valence-corrected chi connectivity index (χ1v) is 6.46. The van der Waals surface area contributed by atoms with Crippen molar-refractivity contribution in [3.05, 3.63) is 36.0 Å². The molecule has 0 rings (SSSR count). The Morgan fingerprint density at radius 2 is 1.89 bits per heavy atom. The number of hydrogen-bond acceptors (Lipinski definition) is 3. The Morgan fingerprint density at radius 3 is 2.28 bits per heavy atom. The smallest absolute Gasteiger partial charge is 0.0810 e. The molecule has 18 heavy (non-hydrogen) atoms. The molecule has 0 radical (unpaired) electrons. The summed E-state index contributed by atoms with van der Waals surface area (Å²) in [5, 5.41) is 11.5. The van der Waals surface area contributed by atoms with Gasteiger partial charge in [-0.1, -0.05) is 38.7 Å². The predicted molar refractivity (Wildman–Crippen MR) is 81.2 cm³/mol. The third-order valence-electron chi connectivity index (χ3n) is 2.90. The zero-order valence-electron chi connectivity index (χ0n) is 11.8. The Balaban J connectivity index is 4.88. The molecule has 100 valence electrons. The largest absolute Gasteiger partial charge is 0.323 e. The van der Waals surface area contributed by atoms with E-state index in [1.54, 1.807) is 0 Å². The van der Waals surface area contributed by atoms with Crippen LogP contribution in [0.4, 0.5) is 0 Å². The van der Waals surface area contributed by atoms with E-state index in [9.17, 15) is 0 Å². The Hall–Kier alpha value is -1.64. The first-order chi connectivity index (χ1) is 8.64. The van der Waals surface area contributed by atoms with Crippen molar-refractivity contribution in [2.45, 2.75) is 46.5 Å². The number of allylic oxidation sites excluding steroid dienone is 5. The van der Waals surface area contributed by atoms with Crippen molar-refractivity contribution in [1.29, 1.82) is 5.41 Å². The van der Waals surface area contributed by atoms with E-state index in [-0.39, 0.29) is 0 Å². The number of rotatable bonds is 8. The van der Waals surface area contributed by atoms with Crippen LogP contribution in [0.5, 0.6) is 0 Å². The molecule has 0 heterocycles. The van der Waals surface area contributed by atoms with E-state index in [1.165, 1.54) is 11.1 Å². The number of nitrogens with one attached hydrogen (secondary N) is 1. The molecule has 0 atom stereocenters. The minimum atomic E-state index is 0.522. The van der Waals surface area contributed by atoms with E-state index >= 15 is 0 Å². The lowest BCUT2D eigenvalue weighted by atomic mass is 9.97. The average molecular weight is 247 g/mol. The number of hydrogen-bond donors (Lipinski definition) is 2. The van der Waals surface area contributed by atoms with Crippen LogP contribution in [0, 0.1) is 5.41 Å². The molecular formula is C15H25N3. The van der Waals surface area contributed by atoms with Gasteiger partial charge < -0.3 is 11.3 Å². The minimum Gasteiger partial charge on any atom is -0.323 e. The van der Waals surface area contributed by atoms with E-state index in [0.717, 1.165) is 12.8 Å². The maximum atomic E-state index is 7.77. The molecule has 3 heteroatoms. The maximum Gasteiger partial charge on any atom is 0.0810 e. The van der Waals surface area contributed by atoms with Gasteiger partial charge >= 0.3 is 0 Å². The second-order valence-corrected chi connectivity index (χ2v) is 4.02. The van der Waals surface area contributed by atoms with Crippen LogP contribution in [0.2, 0.25) is 0 Å². The highest BCUT2D eigenvalue weighted by atomic mass is 15.1. The van der Waals surface area contributed by atoms with Crippen LogP contribution in [0.1, 0.15) is 46.5 Å². The van der Waals surface area contributed by atoms with Gasteiger partial charge in [-0.2, -0.15) is 5.10 Å². The molecule has 0 saturated carbocycles. The molecule has 3 N–H and O–H groups in total. The van der Waals surface area contributed by atoms with Gasteiger partial charge in [0, 0.05) is 0 Å². The van der Waals surface area contributed by atoms with Crippen LogP contribution in [-0.2, 0) is 0 Å². The molecular weight excluding hydrogens is 222 g/mol. The van der Waals surface area contributed by atoms with Gasteiger partial charge in [-0.05, 0) is 43.8 Å². The van der Waals surface area contributed by atoms with Gasteiger partial charge in [0.15, 0.2) is 0 Å². The number of nitrogens with zero attached hydrogens (tertiary/aromatic N) is 1. The summed E-state index contributed by atoms with van der Waals surface area (Å²) in [5.74, 6) is 5.34. The molecule has 0 aliphatic carbocycles. The fourth-order valence-corrected chi connectivity index (χ4v) is 1.81. The summed E-state index contributed by atoms with van der Waals surface area (Å²) < 4.78 is 0. The molecule has 3 nitrogen and oxygen atoms in total. The topological polar surface area (TPSA) is 62.2 Å². The highest BCUT2D eigenvalue weighted by Crippen LogP contribution is 2.17. The molecule has 0 fully saturated rings. The highest BCUT2D eigenvalue weighted by Gasteiger charge is 2.07. The Morgan fingerprint density at radius 1 is 1.22 bits per heavy atom. The molecule has 0 aliphatic heterocycles. The van der Waals surface area contributed by atoms with Crippen LogP contribution in [0.3, 0.4) is 0 Å². The summed E-state index contributed by atoms with van der Waals surface area (Å²) in [6.45, 7) is 9.91. The number of nitrogens with two attached hydrogens (primary N) is 1. The van der Waals surface area contributed by atoms with Gasteiger partial charge in [-0.3, -0.25) is 0 Å². The number of hydrazone groups is 1. The zero-order valence-corrected chi connectivity index (χ0v) is 11.8. The Bertz CT molecular complexity index is 373. The summed E-state index contributed by atoms with van der Waals surface area (Å²) in [7, 11) is 0. The molecule has 0 amide bonds. The third kappa shape index (κ3) is 5.13. The molecule has 0 aromatic heterocycles. The monoisotopic (exact) mass is 247 g/mol. The fourth-order valence-electron chi connectivity index (χ4n) is 1.81. The maximum absolute atomic E-state index is 7.77. The minimum absolute atomic E-state index is 0.522. The van der Waals surface area contributed by atoms with Gasteiger partial charge in [-0.25, -0.2) is 0 Å². The quantitative estimate of drug-likeness (QED) is 0.290. The summed E-state index contributed by atoms with van der Waals surface area (Å²) >= 11 is 0. The van der Waals surface area contributed by atoms with Crippen molar-refractivity contribution in [2.24, 2.45) is 10.9 Å². The Labute approximate surface area is 111 Å². The summed E-state index contributed by atoms with van der Waals surface area (Å²) in [5.41, 5.74) is 3.71. The van der Waals surface area contributed by atoms with Gasteiger partial charge in [0.1, 0.15) is 0 Å². The highest BCUT2D eigenvalue weighted by molar-refractivity contribution is 6.41. The predicted octanol–water partition coefficient (Wildman–Crippen LogP) is 3.98. The summed E-state index contributed by atoms with van der Waals surface area (Å²) in [6.07, 6.45) is 9.21. The molecule has 0 aromatic carbocycles. The van der Waals surface area contributed by atoms with E-state index in [1.807, 2.05) is 26.0 Å². The Kier molecular flexibility index (Phi) is 8.54. The van der Waals surface area contributed by atoms with E-state index in [4.69, 9.17) is 11.3 Å². The first kappa shape index (κ1) is 16.4. The van der Waals surface area contributed by atoms with Crippen molar-refractivity contribution in [3.63, 3.8) is 0 Å². The molecule has 0 bridgehead atoms. The van der Waals surface area contributed by atoms with Crippen molar-refractivity contribution in [1.82, 2.24) is 0 Å². The van der Waals surface area contributed by atoms with Crippen molar-refractivity contribution in [2.75, 3.05) is 0 Å². The fraction of sp³-hybridized carbons (Fsp3) is 0.467. The molecule has 0 unspecified atom stereocenters. The van der Waals surface area contributed by atoms with Crippen molar-refractivity contribution in [3.8, 4) is 0 Å². The summed E-state index contributed by atoms with van der Waals surface area (Å²) in [6, 6.07) is 0. The van der Waals surface area contributed by atoms with Gasteiger partial charge in [-0.15, -0.1) is 0 Å². The van der Waals surface area contributed by atoms with Gasteiger partial charge in [0.05, 0.1) is 11.4 Å². The van der Waals surface area contributed by atoms with Crippen LogP contribution in [0.15, 0.2) is 41.1 Å². The van der Waals surface area contributed by atoms with Gasteiger partial charge in [0.2, 0.25) is 0 Å². The second-order valence-electron chi connectivity index (χ2n) is 4.02. The zero-order chi connectivity index (χ0) is 14.0. The molecule has 0 spiro atoms. The normalized spacial score (nSPS) is 13.6. The van der Waals surface area contributed by atoms with Crippen molar-refractivity contribution >= 4 is 11.4 Å². The second kappa shape index (κ2) is 9.40. The average Bonchev–Trinajstić information content (AvgIpc) is 2.40. The first-order valence-electron chi connectivity index (χ1n) is 6.46. The van der Waals surface area contributed by atoms with Gasteiger partial charge in [0.25, 0.3) is 0 Å². The SMILES string of the molecule is C=C/C(CC)=C(\C=C/C)CC/C(=N/N)C(=N)CC. The standard InChI is InChI=1S/C15H25N3/c1-5-9-13(12(6-2)7-3)10-11-15(18-17)14(16)8-4/h5-6,9,16H,2,7-8,10-11,17H2,1,3-4H3/b9-5-,13-12-,16-14?,18-15-. The van der Waals surface area contributed by atoms with Crippen LogP contribution in [-0.4, -0.2) is 11.4 Å².